The molecule has 2 atom stereocenters. The van der Waals surface area contributed by atoms with Gasteiger partial charge < -0.3 is 19.3 Å². The monoisotopic (exact) mass is 408 g/mol. The maximum atomic E-state index is 13.2. The zero-order valence-electron chi connectivity index (χ0n) is 17.5. The maximum absolute atomic E-state index is 13.2. The quantitative estimate of drug-likeness (QED) is 0.775. The topological polar surface area (TPSA) is 67.8 Å². The van der Waals surface area contributed by atoms with Gasteiger partial charge in [-0.25, -0.2) is 9.97 Å². The Hall–Kier alpha value is -2.83. The van der Waals surface area contributed by atoms with E-state index in [0.29, 0.717) is 23.6 Å². The molecule has 2 fully saturated rings. The van der Waals surface area contributed by atoms with Gasteiger partial charge in [0, 0.05) is 36.9 Å². The number of amides is 1. The molecule has 1 aromatic heterocycles. The second-order valence-electron chi connectivity index (χ2n) is 8.52. The van der Waals surface area contributed by atoms with Gasteiger partial charge in [-0.1, -0.05) is 12.1 Å². The maximum Gasteiger partial charge on any atom is 0.267 e. The summed E-state index contributed by atoms with van der Waals surface area (Å²) in [6.45, 7) is 5.36. The molecule has 0 spiro atoms. The number of piperidine rings is 1. The van der Waals surface area contributed by atoms with Crippen molar-refractivity contribution in [2.75, 3.05) is 18.0 Å². The van der Waals surface area contributed by atoms with Crippen molar-refractivity contribution in [1.82, 2.24) is 14.9 Å². The number of fused-ring (bicyclic) bond motifs is 1. The smallest absolute Gasteiger partial charge is 0.267 e. The van der Waals surface area contributed by atoms with Crippen LogP contribution in [0.1, 0.15) is 38.3 Å². The van der Waals surface area contributed by atoms with E-state index in [2.05, 4.69) is 20.9 Å². The fourth-order valence-corrected chi connectivity index (χ4v) is 4.54. The van der Waals surface area contributed by atoms with E-state index in [9.17, 15) is 4.79 Å². The van der Waals surface area contributed by atoms with Gasteiger partial charge in [-0.2, -0.15) is 0 Å². The number of carbonyl (C=O) groups excluding carboxylic acids is 1. The lowest BCUT2D eigenvalue weighted by Gasteiger charge is -2.41. The summed E-state index contributed by atoms with van der Waals surface area (Å²) in [5.41, 5.74) is 0.988. The molecule has 1 aromatic carbocycles. The lowest BCUT2D eigenvalue weighted by Crippen LogP contribution is -2.54. The van der Waals surface area contributed by atoms with Gasteiger partial charge in [-0.3, -0.25) is 4.79 Å². The number of ether oxygens (including phenoxy) is 2. The Morgan fingerprint density at radius 3 is 2.37 bits per heavy atom. The minimum Gasteiger partial charge on any atom is -0.482 e. The number of aromatic nitrogens is 2. The summed E-state index contributed by atoms with van der Waals surface area (Å²) in [7, 11) is 0. The molecule has 3 aliphatic rings. The van der Waals surface area contributed by atoms with Crippen LogP contribution in [0.25, 0.3) is 0 Å². The van der Waals surface area contributed by atoms with Crippen LogP contribution in [0.2, 0.25) is 0 Å². The zero-order valence-corrected chi connectivity index (χ0v) is 17.5. The number of rotatable bonds is 4. The highest BCUT2D eigenvalue weighted by molar-refractivity contribution is 5.82. The molecule has 7 heteroatoms. The average Bonchev–Trinajstić information content (AvgIpc) is 3.59. The molecule has 30 heavy (non-hydrogen) atoms. The first kappa shape index (κ1) is 19.2. The van der Waals surface area contributed by atoms with E-state index in [1.165, 1.54) is 12.8 Å². The van der Waals surface area contributed by atoms with Gasteiger partial charge in [0.25, 0.3) is 5.91 Å². The second-order valence-corrected chi connectivity index (χ2v) is 8.52. The number of hydrogen-bond donors (Lipinski definition) is 0. The van der Waals surface area contributed by atoms with E-state index in [1.54, 1.807) is 6.33 Å². The summed E-state index contributed by atoms with van der Waals surface area (Å²) in [6.07, 6.45) is 5.04. The molecule has 1 saturated heterocycles. The third kappa shape index (κ3) is 3.68. The lowest BCUT2D eigenvalue weighted by atomic mass is 10.0. The predicted octanol–water partition coefficient (Wildman–Crippen LogP) is 2.97. The van der Waals surface area contributed by atoms with Gasteiger partial charge in [-0.15, -0.1) is 0 Å². The first-order valence-corrected chi connectivity index (χ1v) is 10.9. The normalized spacial score (nSPS) is 23.9. The number of carbonyl (C=O) groups is 1. The predicted molar refractivity (Wildman–Crippen MR) is 113 cm³/mol. The van der Waals surface area contributed by atoms with Crippen molar-refractivity contribution in [1.29, 1.82) is 0 Å². The van der Waals surface area contributed by atoms with Gasteiger partial charge in [0.15, 0.2) is 11.5 Å². The summed E-state index contributed by atoms with van der Waals surface area (Å²) in [5.74, 6) is 2.38. The molecule has 2 aliphatic heterocycles. The number of para-hydroxylation sites is 2. The summed E-state index contributed by atoms with van der Waals surface area (Å²) < 4.78 is 12.0. The molecule has 3 heterocycles. The largest absolute Gasteiger partial charge is 0.482 e. The van der Waals surface area contributed by atoms with E-state index < -0.39 is 6.10 Å². The second kappa shape index (κ2) is 7.78. The number of likely N-dealkylation sites (tertiary alicyclic amines) is 1. The van der Waals surface area contributed by atoms with E-state index >= 15 is 0 Å². The zero-order chi connectivity index (χ0) is 20.7. The van der Waals surface area contributed by atoms with Crippen molar-refractivity contribution in [3.63, 3.8) is 0 Å². The van der Waals surface area contributed by atoms with Crippen LogP contribution < -0.4 is 14.4 Å². The molecule has 1 amide bonds. The Morgan fingerprint density at radius 2 is 1.70 bits per heavy atom. The fraction of sp³-hybridized carbons (Fsp3) is 0.522. The van der Waals surface area contributed by atoms with Gasteiger partial charge in [0.2, 0.25) is 6.10 Å². The van der Waals surface area contributed by atoms with Crippen LogP contribution in [-0.2, 0) is 4.79 Å². The Morgan fingerprint density at radius 1 is 1.03 bits per heavy atom. The summed E-state index contributed by atoms with van der Waals surface area (Å²) in [5, 5.41) is 0. The lowest BCUT2D eigenvalue weighted by molar-refractivity contribution is -0.145. The third-order valence-corrected chi connectivity index (χ3v) is 6.25. The Balaban J connectivity index is 1.25. The molecule has 0 radical (unpaired) electrons. The van der Waals surface area contributed by atoms with Crippen LogP contribution in [0.15, 0.2) is 36.7 Å². The average molecular weight is 409 g/mol. The van der Waals surface area contributed by atoms with Crippen molar-refractivity contribution in [2.45, 2.75) is 63.8 Å². The molecule has 5 rings (SSSR count). The minimum atomic E-state index is -0.597. The van der Waals surface area contributed by atoms with Gasteiger partial charge in [0.05, 0.1) is 0 Å². The van der Waals surface area contributed by atoms with Crippen molar-refractivity contribution in [3.8, 4) is 11.5 Å². The molecule has 1 aliphatic carbocycles. The van der Waals surface area contributed by atoms with Crippen LogP contribution in [0.4, 0.5) is 5.82 Å². The Kier molecular flexibility index (Phi) is 4.97. The molecule has 1 saturated carbocycles. The van der Waals surface area contributed by atoms with Crippen LogP contribution in [0.5, 0.6) is 11.5 Å². The van der Waals surface area contributed by atoms with E-state index in [-0.39, 0.29) is 12.0 Å². The number of aryl methyl sites for hydroxylation is 1. The van der Waals surface area contributed by atoms with Crippen molar-refractivity contribution >= 4 is 11.7 Å². The number of hydrogen-bond acceptors (Lipinski definition) is 6. The molecule has 0 bridgehead atoms. The summed E-state index contributed by atoms with van der Waals surface area (Å²) >= 11 is 0. The van der Waals surface area contributed by atoms with E-state index in [4.69, 9.17) is 9.47 Å². The standard InChI is InChI=1S/C23H28N4O3/c1-15-13-21(25-14-24-15)27(17-7-8-17)18-9-11-26(12-10-18)23(28)22-16(2)29-19-5-3-4-6-20(19)30-22/h3-6,13-14,16-18,22H,7-12H2,1-2H3. The van der Waals surface area contributed by atoms with Gasteiger partial charge in [0.1, 0.15) is 18.2 Å². The van der Waals surface area contributed by atoms with E-state index in [0.717, 1.165) is 37.4 Å². The highest BCUT2D eigenvalue weighted by Gasteiger charge is 2.40. The fourth-order valence-electron chi connectivity index (χ4n) is 4.54. The van der Waals surface area contributed by atoms with Crippen molar-refractivity contribution in [3.05, 3.63) is 42.4 Å². The minimum absolute atomic E-state index is 0.0197. The van der Waals surface area contributed by atoms with Gasteiger partial charge in [-0.05, 0) is 51.7 Å². The van der Waals surface area contributed by atoms with Crippen LogP contribution in [0, 0.1) is 6.92 Å². The summed E-state index contributed by atoms with van der Waals surface area (Å²) in [4.78, 5) is 26.4. The number of nitrogens with zero attached hydrogens (tertiary/aromatic N) is 4. The highest BCUT2D eigenvalue weighted by Crippen LogP contribution is 2.36. The number of anilines is 1. The molecule has 7 nitrogen and oxygen atoms in total. The molecular weight excluding hydrogens is 380 g/mol. The Bertz CT molecular complexity index is 924. The molecular formula is C23H28N4O3. The molecule has 158 valence electrons. The van der Waals surface area contributed by atoms with Gasteiger partial charge >= 0.3 is 0 Å². The van der Waals surface area contributed by atoms with Crippen LogP contribution in [-0.4, -0.2) is 58.2 Å². The van der Waals surface area contributed by atoms with Crippen molar-refractivity contribution in [2.24, 2.45) is 0 Å². The number of benzene rings is 1. The van der Waals surface area contributed by atoms with Crippen LogP contribution >= 0.6 is 0 Å². The molecule has 0 N–H and O–H groups in total. The SMILES string of the molecule is Cc1cc(N(C2CC2)C2CCN(C(=O)C3Oc4ccccc4OC3C)CC2)ncn1. The molecule has 2 unspecified atom stereocenters. The summed E-state index contributed by atoms with van der Waals surface area (Å²) in [6, 6.07) is 10.6. The van der Waals surface area contributed by atoms with E-state index in [1.807, 2.05) is 43.0 Å². The Labute approximate surface area is 177 Å². The van der Waals surface area contributed by atoms with Crippen LogP contribution in [0.3, 0.4) is 0 Å². The molecule has 2 aromatic rings. The van der Waals surface area contributed by atoms with Crippen molar-refractivity contribution < 1.29 is 14.3 Å². The third-order valence-electron chi connectivity index (χ3n) is 6.25. The first-order valence-electron chi connectivity index (χ1n) is 10.9. The highest BCUT2D eigenvalue weighted by atomic mass is 16.6. The first-order chi connectivity index (χ1) is 14.6.